The van der Waals surface area contributed by atoms with Crippen LogP contribution in [-0.2, 0) is 14.3 Å². The molecule has 1 aromatic carbocycles. The average molecular weight is 303 g/mol. The SMILES string of the molecule is CCCC1CC(C(=O)N2C(=O)OCC2c2ccccc2)CO1. The fourth-order valence-corrected chi connectivity index (χ4v) is 3.18. The van der Waals surface area contributed by atoms with E-state index in [9.17, 15) is 9.59 Å². The first-order valence-corrected chi connectivity index (χ1v) is 7.87. The van der Waals surface area contributed by atoms with Gasteiger partial charge in [0.25, 0.3) is 0 Å². The fraction of sp³-hybridized carbons (Fsp3) is 0.529. The molecule has 3 atom stereocenters. The Morgan fingerprint density at radius 3 is 2.77 bits per heavy atom. The molecule has 0 bridgehead atoms. The Bertz CT molecular complexity index is 545. The third-order valence-electron chi connectivity index (χ3n) is 4.34. The maximum atomic E-state index is 12.7. The number of hydrogen-bond donors (Lipinski definition) is 0. The minimum absolute atomic E-state index is 0.132. The van der Waals surface area contributed by atoms with Crippen molar-refractivity contribution in [2.45, 2.75) is 38.3 Å². The van der Waals surface area contributed by atoms with Crippen molar-refractivity contribution >= 4 is 12.0 Å². The summed E-state index contributed by atoms with van der Waals surface area (Å²) in [5.41, 5.74) is 0.922. The molecule has 2 aliphatic heterocycles. The van der Waals surface area contributed by atoms with Gasteiger partial charge in [-0.05, 0) is 18.4 Å². The normalized spacial score (nSPS) is 28.0. The lowest BCUT2D eigenvalue weighted by molar-refractivity contribution is -0.133. The number of amides is 2. The van der Waals surface area contributed by atoms with Crippen molar-refractivity contribution in [3.05, 3.63) is 35.9 Å². The quantitative estimate of drug-likeness (QED) is 0.858. The Labute approximate surface area is 130 Å². The van der Waals surface area contributed by atoms with E-state index in [1.54, 1.807) is 0 Å². The second-order valence-electron chi connectivity index (χ2n) is 5.89. The summed E-state index contributed by atoms with van der Waals surface area (Å²) < 4.78 is 10.8. The molecule has 2 heterocycles. The summed E-state index contributed by atoms with van der Waals surface area (Å²) in [5.74, 6) is -0.414. The van der Waals surface area contributed by atoms with Crippen molar-refractivity contribution in [1.29, 1.82) is 0 Å². The van der Waals surface area contributed by atoms with Crippen LogP contribution in [0.4, 0.5) is 4.79 Å². The highest BCUT2D eigenvalue weighted by atomic mass is 16.6. The Hall–Kier alpha value is -1.88. The van der Waals surface area contributed by atoms with E-state index < -0.39 is 6.09 Å². The van der Waals surface area contributed by atoms with E-state index in [1.165, 1.54) is 4.90 Å². The van der Waals surface area contributed by atoms with Crippen molar-refractivity contribution in [3.63, 3.8) is 0 Å². The second kappa shape index (κ2) is 6.48. The van der Waals surface area contributed by atoms with E-state index in [0.717, 1.165) is 18.4 Å². The second-order valence-corrected chi connectivity index (χ2v) is 5.89. The molecule has 2 aliphatic rings. The molecule has 22 heavy (non-hydrogen) atoms. The number of carbonyl (C=O) groups excluding carboxylic acids is 2. The van der Waals surface area contributed by atoms with Gasteiger partial charge in [-0.15, -0.1) is 0 Å². The molecule has 5 nitrogen and oxygen atoms in total. The number of imide groups is 1. The molecule has 0 aliphatic carbocycles. The lowest BCUT2D eigenvalue weighted by Gasteiger charge is -2.22. The van der Waals surface area contributed by atoms with Gasteiger partial charge >= 0.3 is 6.09 Å². The van der Waals surface area contributed by atoms with Gasteiger partial charge in [-0.25, -0.2) is 9.69 Å². The van der Waals surface area contributed by atoms with E-state index in [1.807, 2.05) is 30.3 Å². The summed E-state index contributed by atoms with van der Waals surface area (Å²) in [5, 5.41) is 0. The molecule has 118 valence electrons. The Balaban J connectivity index is 1.74. The topological polar surface area (TPSA) is 55.8 Å². The molecule has 0 spiro atoms. The number of benzene rings is 1. The molecular weight excluding hydrogens is 282 g/mol. The molecule has 0 radical (unpaired) electrons. The highest BCUT2D eigenvalue weighted by Crippen LogP contribution is 2.32. The maximum absolute atomic E-state index is 12.7. The molecule has 0 N–H and O–H groups in total. The smallest absolute Gasteiger partial charge is 0.417 e. The Kier molecular flexibility index (Phi) is 4.43. The van der Waals surface area contributed by atoms with Crippen LogP contribution in [0.1, 0.15) is 37.8 Å². The molecule has 0 saturated carbocycles. The van der Waals surface area contributed by atoms with E-state index >= 15 is 0 Å². The third kappa shape index (κ3) is 2.86. The molecule has 0 aromatic heterocycles. The van der Waals surface area contributed by atoms with Crippen LogP contribution in [0.5, 0.6) is 0 Å². The summed E-state index contributed by atoms with van der Waals surface area (Å²) in [7, 11) is 0. The van der Waals surface area contributed by atoms with Crippen LogP contribution in [0.3, 0.4) is 0 Å². The molecule has 1 aromatic rings. The van der Waals surface area contributed by atoms with Crippen LogP contribution in [-0.4, -0.2) is 36.2 Å². The van der Waals surface area contributed by atoms with Crippen LogP contribution in [0.15, 0.2) is 30.3 Å². The van der Waals surface area contributed by atoms with Crippen molar-refractivity contribution in [2.24, 2.45) is 5.92 Å². The maximum Gasteiger partial charge on any atom is 0.417 e. The number of rotatable bonds is 4. The minimum atomic E-state index is -0.544. The number of cyclic esters (lactones) is 1. The molecule has 3 rings (SSSR count). The van der Waals surface area contributed by atoms with Crippen LogP contribution < -0.4 is 0 Å². The summed E-state index contributed by atoms with van der Waals surface area (Å²) in [4.78, 5) is 26.0. The van der Waals surface area contributed by atoms with Gasteiger partial charge < -0.3 is 9.47 Å². The Morgan fingerprint density at radius 1 is 1.27 bits per heavy atom. The first-order valence-electron chi connectivity index (χ1n) is 7.87. The van der Waals surface area contributed by atoms with Gasteiger partial charge in [0, 0.05) is 0 Å². The van der Waals surface area contributed by atoms with Gasteiger partial charge in [0.15, 0.2) is 0 Å². The largest absolute Gasteiger partial charge is 0.446 e. The van der Waals surface area contributed by atoms with E-state index in [0.29, 0.717) is 13.0 Å². The van der Waals surface area contributed by atoms with Crippen LogP contribution >= 0.6 is 0 Å². The highest BCUT2D eigenvalue weighted by molar-refractivity contribution is 5.95. The molecule has 5 heteroatoms. The molecule has 2 saturated heterocycles. The highest BCUT2D eigenvalue weighted by Gasteiger charge is 2.43. The van der Waals surface area contributed by atoms with Gasteiger partial charge in [0.2, 0.25) is 5.91 Å². The van der Waals surface area contributed by atoms with Crippen LogP contribution in [0.2, 0.25) is 0 Å². The van der Waals surface area contributed by atoms with E-state index in [-0.39, 0.29) is 30.6 Å². The summed E-state index contributed by atoms with van der Waals surface area (Å²) >= 11 is 0. The van der Waals surface area contributed by atoms with Gasteiger partial charge in [-0.3, -0.25) is 4.79 Å². The number of hydrogen-bond acceptors (Lipinski definition) is 4. The van der Waals surface area contributed by atoms with E-state index in [2.05, 4.69) is 6.92 Å². The van der Waals surface area contributed by atoms with Gasteiger partial charge in [0.05, 0.1) is 18.6 Å². The average Bonchev–Trinajstić information content (AvgIpc) is 3.15. The summed E-state index contributed by atoms with van der Waals surface area (Å²) in [6.07, 6.45) is 2.27. The van der Waals surface area contributed by atoms with Gasteiger partial charge in [-0.2, -0.15) is 0 Å². The fourth-order valence-electron chi connectivity index (χ4n) is 3.18. The zero-order chi connectivity index (χ0) is 15.5. The predicted molar refractivity (Wildman–Crippen MR) is 80.1 cm³/mol. The molecular formula is C17H21NO4. The minimum Gasteiger partial charge on any atom is -0.446 e. The van der Waals surface area contributed by atoms with Gasteiger partial charge in [0.1, 0.15) is 12.6 Å². The molecule has 2 fully saturated rings. The summed E-state index contributed by atoms with van der Waals surface area (Å²) in [6, 6.07) is 9.21. The van der Waals surface area contributed by atoms with E-state index in [4.69, 9.17) is 9.47 Å². The lowest BCUT2D eigenvalue weighted by Crippen LogP contribution is -2.39. The number of nitrogens with zero attached hydrogens (tertiary/aromatic N) is 1. The predicted octanol–water partition coefficient (Wildman–Crippen LogP) is 2.91. The van der Waals surface area contributed by atoms with Crippen molar-refractivity contribution in [2.75, 3.05) is 13.2 Å². The van der Waals surface area contributed by atoms with Gasteiger partial charge in [-0.1, -0.05) is 43.7 Å². The first kappa shape index (κ1) is 15.0. The lowest BCUT2D eigenvalue weighted by atomic mass is 10.00. The summed E-state index contributed by atoms with van der Waals surface area (Å²) in [6.45, 7) is 2.72. The van der Waals surface area contributed by atoms with Crippen molar-refractivity contribution in [1.82, 2.24) is 4.90 Å². The first-order chi connectivity index (χ1) is 10.7. The zero-order valence-electron chi connectivity index (χ0n) is 12.7. The third-order valence-corrected chi connectivity index (χ3v) is 4.34. The number of ether oxygens (including phenoxy) is 2. The van der Waals surface area contributed by atoms with Crippen molar-refractivity contribution < 1.29 is 19.1 Å². The van der Waals surface area contributed by atoms with Crippen LogP contribution in [0.25, 0.3) is 0 Å². The number of carbonyl (C=O) groups is 2. The zero-order valence-corrected chi connectivity index (χ0v) is 12.7. The van der Waals surface area contributed by atoms with Crippen molar-refractivity contribution in [3.8, 4) is 0 Å². The molecule has 2 amide bonds. The molecule has 3 unspecified atom stereocenters. The standard InChI is InChI=1S/C17H21NO4/c1-2-6-14-9-13(10-21-14)16(19)18-15(11-22-17(18)20)12-7-4-3-5-8-12/h3-5,7-8,13-15H,2,6,9-11H2,1H3. The monoisotopic (exact) mass is 303 g/mol. The van der Waals surface area contributed by atoms with Crippen LogP contribution in [0, 0.1) is 5.92 Å². The Morgan fingerprint density at radius 2 is 2.05 bits per heavy atom.